The van der Waals surface area contributed by atoms with Crippen LogP contribution < -0.4 is 0 Å². The van der Waals surface area contributed by atoms with Crippen LogP contribution in [0.4, 0.5) is 0 Å². The molecular weight excluding hydrogens is 343 g/mol. The van der Waals surface area contributed by atoms with Gasteiger partial charge in [-0.3, -0.25) is 9.48 Å². The van der Waals surface area contributed by atoms with Crippen molar-refractivity contribution < 1.29 is 9.53 Å². The number of ether oxygens (including phenoxy) is 1. The lowest BCUT2D eigenvalue weighted by Gasteiger charge is -2.19. The molecule has 0 radical (unpaired) electrons. The molecule has 0 aliphatic heterocycles. The number of carbonyl (C=O) groups is 1. The third-order valence-electron chi connectivity index (χ3n) is 2.31. The van der Waals surface area contributed by atoms with Crippen LogP contribution in [0.3, 0.4) is 0 Å². The Hall–Kier alpha value is -1.11. The van der Waals surface area contributed by atoms with Gasteiger partial charge in [0, 0.05) is 8.96 Å². The predicted octanol–water partition coefficient (Wildman–Crippen LogP) is 2.98. The fourth-order valence-corrected chi connectivity index (χ4v) is 2.14. The second-order valence-corrected chi connectivity index (χ2v) is 6.34. The Morgan fingerprint density at radius 1 is 1.44 bits per heavy atom. The van der Waals surface area contributed by atoms with E-state index >= 15 is 0 Å². The van der Waals surface area contributed by atoms with Gasteiger partial charge in [0.1, 0.15) is 12.1 Å². The van der Waals surface area contributed by atoms with Gasteiger partial charge < -0.3 is 4.74 Å². The summed E-state index contributed by atoms with van der Waals surface area (Å²) < 4.78 is 8.08. The van der Waals surface area contributed by atoms with Gasteiger partial charge in [0.15, 0.2) is 0 Å². The zero-order valence-corrected chi connectivity index (χ0v) is 12.8. The fourth-order valence-electron chi connectivity index (χ4n) is 1.67. The number of benzene rings is 1. The normalized spacial score (nSPS) is 11.8. The summed E-state index contributed by atoms with van der Waals surface area (Å²) in [5.74, 6) is -0.272. The Morgan fingerprint density at radius 3 is 2.83 bits per heavy atom. The van der Waals surface area contributed by atoms with Crippen molar-refractivity contribution in [3.63, 3.8) is 0 Å². The molecule has 1 aromatic carbocycles. The summed E-state index contributed by atoms with van der Waals surface area (Å²) in [5.41, 5.74) is 0.488. The first-order valence-corrected chi connectivity index (χ1v) is 6.76. The number of nitrogens with zero attached hydrogens (tertiary/aromatic N) is 2. The van der Waals surface area contributed by atoms with Crippen molar-refractivity contribution in [1.29, 1.82) is 0 Å². The van der Waals surface area contributed by atoms with E-state index in [1.165, 1.54) is 0 Å². The highest BCUT2D eigenvalue weighted by Gasteiger charge is 2.17. The quantitative estimate of drug-likeness (QED) is 0.613. The molecule has 0 fully saturated rings. The molecule has 1 aromatic heterocycles. The van der Waals surface area contributed by atoms with Gasteiger partial charge >= 0.3 is 5.97 Å². The minimum Gasteiger partial charge on any atom is -0.459 e. The van der Waals surface area contributed by atoms with Gasteiger partial charge in [-0.1, -0.05) is 6.07 Å². The van der Waals surface area contributed by atoms with Gasteiger partial charge in [-0.05, 0) is 55.5 Å². The van der Waals surface area contributed by atoms with Gasteiger partial charge in [-0.2, -0.15) is 5.10 Å². The Balaban J connectivity index is 2.22. The molecule has 0 saturated carbocycles. The van der Waals surface area contributed by atoms with Crippen molar-refractivity contribution in [2.45, 2.75) is 32.9 Å². The topological polar surface area (TPSA) is 44.1 Å². The average Bonchev–Trinajstić information content (AvgIpc) is 2.58. The third kappa shape index (κ3) is 3.22. The maximum absolute atomic E-state index is 11.8. The predicted molar refractivity (Wildman–Crippen MR) is 78.3 cm³/mol. The molecule has 1 heterocycles. The molecule has 0 N–H and O–H groups in total. The van der Waals surface area contributed by atoms with Crippen LogP contribution in [0.25, 0.3) is 10.9 Å². The van der Waals surface area contributed by atoms with E-state index in [0.29, 0.717) is 0 Å². The van der Waals surface area contributed by atoms with E-state index in [1.807, 2.05) is 39.0 Å². The van der Waals surface area contributed by atoms with Crippen molar-refractivity contribution in [2.24, 2.45) is 0 Å². The Labute approximate surface area is 119 Å². The first kappa shape index (κ1) is 13.3. The van der Waals surface area contributed by atoms with Gasteiger partial charge in [0.05, 0.1) is 11.7 Å². The molecule has 0 atom stereocenters. The van der Waals surface area contributed by atoms with Crippen molar-refractivity contribution in [3.05, 3.63) is 28.0 Å². The lowest BCUT2D eigenvalue weighted by molar-refractivity contribution is -0.155. The zero-order chi connectivity index (χ0) is 13.3. The van der Waals surface area contributed by atoms with Crippen molar-refractivity contribution in [3.8, 4) is 0 Å². The van der Waals surface area contributed by atoms with E-state index in [2.05, 4.69) is 27.7 Å². The van der Waals surface area contributed by atoms with Crippen molar-refractivity contribution in [1.82, 2.24) is 9.78 Å². The van der Waals surface area contributed by atoms with E-state index < -0.39 is 5.60 Å². The van der Waals surface area contributed by atoms with Crippen LogP contribution in [0.5, 0.6) is 0 Å². The van der Waals surface area contributed by atoms with E-state index in [-0.39, 0.29) is 12.5 Å². The number of hydrogen-bond acceptors (Lipinski definition) is 3. The summed E-state index contributed by atoms with van der Waals surface area (Å²) in [6.45, 7) is 5.71. The number of rotatable bonds is 2. The van der Waals surface area contributed by atoms with Crippen LogP contribution in [0.15, 0.2) is 24.4 Å². The standard InChI is InChI=1S/C13H15IN2O2/c1-13(2,3)18-12(17)8-16-11-6-10(14)5-4-9(11)7-15-16/h4-7H,8H2,1-3H3. The molecule has 96 valence electrons. The van der Waals surface area contributed by atoms with Crippen LogP contribution in [0.2, 0.25) is 0 Å². The van der Waals surface area contributed by atoms with E-state index in [4.69, 9.17) is 4.74 Å². The number of hydrogen-bond donors (Lipinski definition) is 0. The third-order valence-corrected chi connectivity index (χ3v) is 2.98. The first-order chi connectivity index (χ1) is 8.35. The van der Waals surface area contributed by atoms with E-state index in [0.717, 1.165) is 14.5 Å². The lowest BCUT2D eigenvalue weighted by Crippen LogP contribution is -2.26. The summed E-state index contributed by atoms with van der Waals surface area (Å²) in [6, 6.07) is 6.02. The largest absolute Gasteiger partial charge is 0.459 e. The van der Waals surface area contributed by atoms with Crippen LogP contribution in [-0.2, 0) is 16.1 Å². The number of fused-ring (bicyclic) bond motifs is 1. The Bertz CT molecular complexity index is 584. The number of carbonyl (C=O) groups excluding carboxylic acids is 1. The molecule has 4 nitrogen and oxygen atoms in total. The second-order valence-electron chi connectivity index (χ2n) is 5.09. The summed E-state index contributed by atoms with van der Waals surface area (Å²) in [4.78, 5) is 11.8. The molecule has 18 heavy (non-hydrogen) atoms. The van der Waals surface area contributed by atoms with Crippen LogP contribution >= 0.6 is 22.6 Å². The maximum atomic E-state index is 11.8. The number of esters is 1. The minimum absolute atomic E-state index is 0.140. The average molecular weight is 358 g/mol. The van der Waals surface area contributed by atoms with Gasteiger partial charge in [0.25, 0.3) is 0 Å². The molecule has 2 rings (SSSR count). The molecule has 0 bridgehead atoms. The Morgan fingerprint density at radius 2 is 2.17 bits per heavy atom. The molecule has 0 saturated heterocycles. The highest BCUT2D eigenvalue weighted by molar-refractivity contribution is 14.1. The lowest BCUT2D eigenvalue weighted by atomic mass is 10.2. The monoisotopic (exact) mass is 358 g/mol. The number of halogens is 1. The van der Waals surface area contributed by atoms with Gasteiger partial charge in [-0.25, -0.2) is 0 Å². The summed E-state index contributed by atoms with van der Waals surface area (Å²) >= 11 is 2.24. The molecule has 2 aromatic rings. The highest BCUT2D eigenvalue weighted by Crippen LogP contribution is 2.17. The smallest absolute Gasteiger partial charge is 0.328 e. The van der Waals surface area contributed by atoms with Crippen molar-refractivity contribution >= 4 is 39.5 Å². The Kier molecular flexibility index (Phi) is 3.61. The number of aromatic nitrogens is 2. The van der Waals surface area contributed by atoms with Crippen LogP contribution in [0, 0.1) is 3.57 Å². The highest BCUT2D eigenvalue weighted by atomic mass is 127. The molecule has 0 aliphatic rings. The molecular formula is C13H15IN2O2. The van der Waals surface area contributed by atoms with Crippen molar-refractivity contribution in [2.75, 3.05) is 0 Å². The summed E-state index contributed by atoms with van der Waals surface area (Å²) in [7, 11) is 0. The fraction of sp³-hybridized carbons (Fsp3) is 0.385. The summed E-state index contributed by atoms with van der Waals surface area (Å²) in [6.07, 6.45) is 1.76. The first-order valence-electron chi connectivity index (χ1n) is 5.68. The maximum Gasteiger partial charge on any atom is 0.328 e. The SMILES string of the molecule is CC(C)(C)OC(=O)Cn1ncc2ccc(I)cc21. The van der Waals surface area contributed by atoms with E-state index in [1.54, 1.807) is 10.9 Å². The molecule has 0 amide bonds. The molecule has 5 heteroatoms. The van der Waals surface area contributed by atoms with Crippen LogP contribution in [0.1, 0.15) is 20.8 Å². The summed E-state index contributed by atoms with van der Waals surface area (Å²) in [5, 5.41) is 5.25. The van der Waals surface area contributed by atoms with Gasteiger partial charge in [0.2, 0.25) is 0 Å². The minimum atomic E-state index is -0.464. The van der Waals surface area contributed by atoms with E-state index in [9.17, 15) is 4.79 Å². The zero-order valence-electron chi connectivity index (χ0n) is 10.6. The molecule has 0 aliphatic carbocycles. The molecule has 0 unspecified atom stereocenters. The van der Waals surface area contributed by atoms with Gasteiger partial charge in [-0.15, -0.1) is 0 Å². The molecule has 0 spiro atoms. The second kappa shape index (κ2) is 4.87. The van der Waals surface area contributed by atoms with Crippen LogP contribution in [-0.4, -0.2) is 21.4 Å².